The van der Waals surface area contributed by atoms with Gasteiger partial charge in [0, 0.05) is 18.5 Å². The Hall–Kier alpha value is -2.31. The molecule has 0 spiro atoms. The number of nitrogens with zero attached hydrogens (tertiary/aromatic N) is 2. The molecule has 190 valence electrons. The summed E-state index contributed by atoms with van der Waals surface area (Å²) in [6.45, 7) is -1.10. The zero-order chi connectivity index (χ0) is 26.0. The Morgan fingerprint density at radius 2 is 1.76 bits per heavy atom. The fourth-order valence-electron chi connectivity index (χ4n) is 2.77. The Bertz CT molecular complexity index is 1110. The number of anilines is 1. The Labute approximate surface area is 196 Å². The summed E-state index contributed by atoms with van der Waals surface area (Å²) in [6.07, 6.45) is -8.62. The number of sulfonamides is 1. The Balaban J connectivity index is 2.47. The number of aliphatic hydroxyl groups is 6. The van der Waals surface area contributed by atoms with Crippen LogP contribution in [0.1, 0.15) is 22.2 Å². The van der Waals surface area contributed by atoms with Crippen LogP contribution >= 0.6 is 11.3 Å². The number of nitrogens with one attached hydrogen (secondary N) is 1. The molecule has 0 aliphatic heterocycles. The molecule has 5 atom stereocenters. The monoisotopic (exact) mass is 527 g/mol. The summed E-state index contributed by atoms with van der Waals surface area (Å²) in [5, 5.41) is 63.5. The molecule has 0 aliphatic rings. The van der Waals surface area contributed by atoms with Crippen LogP contribution in [0.2, 0.25) is 0 Å². The summed E-state index contributed by atoms with van der Waals surface area (Å²) < 4.78 is 51.4. The molecule has 7 N–H and O–H groups in total. The maximum absolute atomic E-state index is 13.7. The van der Waals surface area contributed by atoms with Crippen LogP contribution < -0.4 is 9.62 Å². The quantitative estimate of drug-likeness (QED) is 0.170. The Morgan fingerprint density at radius 3 is 2.26 bits per heavy atom. The number of hydrogen-bond acceptors (Lipinski definition) is 11. The average molecular weight is 528 g/mol. The van der Waals surface area contributed by atoms with Crippen LogP contribution in [0.4, 0.5) is 13.9 Å². The number of amides is 1. The van der Waals surface area contributed by atoms with Crippen LogP contribution in [-0.2, 0) is 10.0 Å². The van der Waals surface area contributed by atoms with Gasteiger partial charge in [0.05, 0.1) is 12.9 Å². The van der Waals surface area contributed by atoms with Crippen LogP contribution in [0, 0.1) is 11.6 Å². The topological polar surface area (TPSA) is 201 Å². The maximum Gasteiger partial charge on any atom is 0.273 e. The molecule has 2 aromatic rings. The van der Waals surface area contributed by atoms with Crippen molar-refractivity contribution < 1.29 is 52.6 Å². The van der Waals surface area contributed by atoms with Crippen molar-refractivity contribution in [1.29, 1.82) is 0 Å². The van der Waals surface area contributed by atoms with E-state index in [0.29, 0.717) is 18.2 Å². The number of benzene rings is 1. The van der Waals surface area contributed by atoms with Crippen molar-refractivity contribution in [3.05, 3.63) is 46.5 Å². The second-order valence-corrected chi connectivity index (χ2v) is 10.2. The predicted molar refractivity (Wildman–Crippen MR) is 114 cm³/mol. The lowest BCUT2D eigenvalue weighted by Crippen LogP contribution is -2.65. The van der Waals surface area contributed by atoms with E-state index in [9.17, 15) is 47.5 Å². The van der Waals surface area contributed by atoms with Crippen molar-refractivity contribution in [1.82, 2.24) is 10.3 Å². The lowest BCUT2D eigenvalue weighted by atomic mass is 9.88. The summed E-state index contributed by atoms with van der Waals surface area (Å²) in [5.41, 5.74) is -4.45. The average Bonchev–Trinajstić information content (AvgIpc) is 3.25. The minimum atomic E-state index is -3.73. The molecule has 1 amide bonds. The number of aromatic nitrogens is 1. The van der Waals surface area contributed by atoms with E-state index in [2.05, 4.69) is 4.98 Å². The van der Waals surface area contributed by atoms with Crippen molar-refractivity contribution >= 4 is 32.4 Å². The smallest absolute Gasteiger partial charge is 0.273 e. The third-order valence-electron chi connectivity index (χ3n) is 4.78. The summed E-state index contributed by atoms with van der Waals surface area (Å²) in [5.74, 6) is -3.66. The number of halogens is 2. The standard InChI is InChI=1S/C18H23F2N3O9S2/c1-23(34(2,31)32)17-21-11(7-33-17)16(29)22-18(30,15(28)13(26)12(25)6-24)14(27)8-3-9(19)5-10(20)4-8/h3-5,7,12-15,24-28,30H,6H2,1-2H3,(H,22,29)/t12-,13-,14?,15+,18+/m1/s1. The number of aliphatic hydroxyl groups excluding tert-OH is 5. The van der Waals surface area contributed by atoms with Gasteiger partial charge in [-0.3, -0.25) is 4.79 Å². The van der Waals surface area contributed by atoms with Crippen LogP contribution in [0.5, 0.6) is 0 Å². The molecule has 34 heavy (non-hydrogen) atoms. The SMILES string of the molecule is CN(c1nc(C(=O)N[C@](O)(C(O)c2cc(F)cc(F)c2)[C@@H](O)[C@H](O)[C@H](O)CO)cs1)S(C)(=O)=O. The van der Waals surface area contributed by atoms with Crippen LogP contribution in [0.25, 0.3) is 0 Å². The van der Waals surface area contributed by atoms with Crippen molar-refractivity contribution in [3.8, 4) is 0 Å². The highest BCUT2D eigenvalue weighted by molar-refractivity contribution is 7.92. The molecule has 2 rings (SSSR count). The van der Waals surface area contributed by atoms with E-state index in [1.807, 2.05) is 0 Å². The molecule has 0 fully saturated rings. The molecular weight excluding hydrogens is 504 g/mol. The third-order valence-corrected chi connectivity index (χ3v) is 6.98. The van der Waals surface area contributed by atoms with Gasteiger partial charge in [0.25, 0.3) is 5.91 Å². The number of thiazole rings is 1. The molecule has 1 aromatic heterocycles. The first-order valence-electron chi connectivity index (χ1n) is 9.35. The first kappa shape index (κ1) is 27.9. The summed E-state index contributed by atoms with van der Waals surface area (Å²) in [7, 11) is -2.58. The second kappa shape index (κ2) is 10.5. The number of carbonyl (C=O) groups excluding carboxylic acids is 1. The maximum atomic E-state index is 13.7. The second-order valence-electron chi connectivity index (χ2n) is 7.32. The van der Waals surface area contributed by atoms with Crippen molar-refractivity contribution in [2.45, 2.75) is 30.1 Å². The van der Waals surface area contributed by atoms with Gasteiger partial charge in [-0.15, -0.1) is 11.3 Å². The number of carbonyl (C=O) groups is 1. The van der Waals surface area contributed by atoms with E-state index in [4.69, 9.17) is 5.11 Å². The molecule has 0 radical (unpaired) electrons. The van der Waals surface area contributed by atoms with Crippen molar-refractivity contribution in [3.63, 3.8) is 0 Å². The van der Waals surface area contributed by atoms with E-state index >= 15 is 0 Å². The van der Waals surface area contributed by atoms with E-state index < -0.39 is 75.6 Å². The molecule has 0 saturated carbocycles. The molecule has 16 heteroatoms. The van der Waals surface area contributed by atoms with Crippen LogP contribution in [-0.4, -0.2) is 93.9 Å². The van der Waals surface area contributed by atoms with E-state index in [0.717, 1.165) is 34.3 Å². The highest BCUT2D eigenvalue weighted by atomic mass is 32.2. The van der Waals surface area contributed by atoms with Gasteiger partial charge in [-0.05, 0) is 17.7 Å². The van der Waals surface area contributed by atoms with Gasteiger partial charge in [-0.1, -0.05) is 0 Å². The molecule has 1 heterocycles. The van der Waals surface area contributed by atoms with Gasteiger partial charge in [0.2, 0.25) is 10.0 Å². The first-order valence-corrected chi connectivity index (χ1v) is 12.1. The molecule has 12 nitrogen and oxygen atoms in total. The Morgan fingerprint density at radius 1 is 1.21 bits per heavy atom. The fraction of sp³-hybridized carbons (Fsp3) is 0.444. The number of hydrogen-bond donors (Lipinski definition) is 7. The third kappa shape index (κ3) is 6.02. The zero-order valence-corrected chi connectivity index (χ0v) is 19.3. The first-order chi connectivity index (χ1) is 15.6. The zero-order valence-electron chi connectivity index (χ0n) is 17.7. The highest BCUT2D eigenvalue weighted by Gasteiger charge is 2.50. The molecule has 1 aromatic carbocycles. The molecule has 0 bridgehead atoms. The largest absolute Gasteiger partial charge is 0.394 e. The van der Waals surface area contributed by atoms with Crippen molar-refractivity contribution in [2.75, 3.05) is 24.2 Å². The minimum Gasteiger partial charge on any atom is -0.394 e. The predicted octanol–water partition coefficient (Wildman–Crippen LogP) is -1.96. The lowest BCUT2D eigenvalue weighted by molar-refractivity contribution is -0.207. The lowest BCUT2D eigenvalue weighted by Gasteiger charge is -2.40. The van der Waals surface area contributed by atoms with Gasteiger partial charge >= 0.3 is 0 Å². The van der Waals surface area contributed by atoms with Gasteiger partial charge in [0.1, 0.15) is 41.7 Å². The molecule has 1 unspecified atom stereocenters. The fourth-order valence-corrected chi connectivity index (χ4v) is 4.31. The normalized spacial score (nSPS) is 17.4. The summed E-state index contributed by atoms with van der Waals surface area (Å²) in [4.78, 5) is 16.5. The molecule has 0 saturated heterocycles. The van der Waals surface area contributed by atoms with Gasteiger partial charge < -0.3 is 36.0 Å². The Kier molecular flexibility index (Phi) is 8.65. The van der Waals surface area contributed by atoms with E-state index in [1.165, 1.54) is 0 Å². The van der Waals surface area contributed by atoms with Crippen LogP contribution in [0.15, 0.2) is 23.6 Å². The molecular formula is C18H23F2N3O9S2. The minimum absolute atomic E-state index is 0.153. The number of rotatable bonds is 10. The highest BCUT2D eigenvalue weighted by Crippen LogP contribution is 2.31. The van der Waals surface area contributed by atoms with E-state index in [-0.39, 0.29) is 5.13 Å². The van der Waals surface area contributed by atoms with Gasteiger partial charge in [-0.25, -0.2) is 26.5 Å². The van der Waals surface area contributed by atoms with Gasteiger partial charge in [0.15, 0.2) is 10.9 Å². The van der Waals surface area contributed by atoms with E-state index in [1.54, 1.807) is 5.32 Å². The van der Waals surface area contributed by atoms with Gasteiger partial charge in [-0.2, -0.15) is 0 Å². The van der Waals surface area contributed by atoms with Crippen molar-refractivity contribution in [2.24, 2.45) is 0 Å². The summed E-state index contributed by atoms with van der Waals surface area (Å²) >= 11 is 0.717. The molecule has 0 aliphatic carbocycles. The summed E-state index contributed by atoms with van der Waals surface area (Å²) in [6, 6.07) is 1.60. The van der Waals surface area contributed by atoms with Crippen LogP contribution in [0.3, 0.4) is 0 Å².